The van der Waals surface area contributed by atoms with Crippen molar-refractivity contribution in [2.45, 2.75) is 52.5 Å². The van der Waals surface area contributed by atoms with E-state index in [1.54, 1.807) is 5.38 Å². The summed E-state index contributed by atoms with van der Waals surface area (Å²) < 4.78 is 0. The van der Waals surface area contributed by atoms with Gasteiger partial charge in [0.25, 0.3) is 5.91 Å². The van der Waals surface area contributed by atoms with Crippen LogP contribution in [0.2, 0.25) is 0 Å². The maximum absolute atomic E-state index is 12.1. The summed E-state index contributed by atoms with van der Waals surface area (Å²) in [5, 5.41) is 14.2. The summed E-state index contributed by atoms with van der Waals surface area (Å²) in [5.74, 6) is -1.25. The van der Waals surface area contributed by atoms with E-state index in [2.05, 4.69) is 10.3 Å². The Labute approximate surface area is 123 Å². The van der Waals surface area contributed by atoms with E-state index in [0.717, 1.165) is 5.01 Å². The van der Waals surface area contributed by atoms with Gasteiger partial charge < -0.3 is 10.4 Å². The van der Waals surface area contributed by atoms with Gasteiger partial charge in [-0.15, -0.1) is 11.3 Å². The summed E-state index contributed by atoms with van der Waals surface area (Å²) in [6, 6.07) is -0.873. The van der Waals surface area contributed by atoms with E-state index in [1.165, 1.54) is 11.3 Å². The van der Waals surface area contributed by atoms with Crippen LogP contribution in [0.5, 0.6) is 0 Å². The monoisotopic (exact) mass is 298 g/mol. The minimum absolute atomic E-state index is 0.118. The number of carboxylic acids is 1. The topological polar surface area (TPSA) is 79.3 Å². The van der Waals surface area contributed by atoms with Crippen LogP contribution in [-0.4, -0.2) is 28.0 Å². The Balaban J connectivity index is 2.79. The molecule has 112 valence electrons. The zero-order valence-electron chi connectivity index (χ0n) is 12.6. The van der Waals surface area contributed by atoms with Gasteiger partial charge in [-0.05, 0) is 12.3 Å². The average Bonchev–Trinajstić information content (AvgIpc) is 2.75. The molecule has 1 heterocycles. The molecule has 0 aliphatic carbocycles. The summed E-state index contributed by atoms with van der Waals surface area (Å²) in [7, 11) is 0. The van der Waals surface area contributed by atoms with Crippen LogP contribution >= 0.6 is 11.3 Å². The number of rotatable bonds is 5. The van der Waals surface area contributed by atoms with Crippen molar-refractivity contribution in [3.05, 3.63) is 16.1 Å². The number of hydrogen-bond acceptors (Lipinski definition) is 4. The lowest BCUT2D eigenvalue weighted by atomic mass is 9.98. The number of nitrogens with zero attached hydrogens (tertiary/aromatic N) is 1. The van der Waals surface area contributed by atoms with Crippen LogP contribution in [0.15, 0.2) is 5.38 Å². The number of aliphatic carboxylic acids is 1. The van der Waals surface area contributed by atoms with Crippen molar-refractivity contribution in [3.63, 3.8) is 0 Å². The number of nitrogens with one attached hydrogen (secondary N) is 1. The normalized spacial score (nSPS) is 13.3. The molecular weight excluding hydrogens is 276 g/mol. The maximum Gasteiger partial charge on any atom is 0.326 e. The standard InChI is InChI=1S/C14H22N2O3S/c1-8(2)6-9(12(18)19)15-11(17)10-7-20-13(16-10)14(3,4)5/h7-9H,6H2,1-5H3,(H,15,17)(H,18,19)/t9-/m0/s1. The summed E-state index contributed by atoms with van der Waals surface area (Å²) >= 11 is 1.41. The van der Waals surface area contributed by atoms with Gasteiger partial charge in [0.2, 0.25) is 0 Å². The smallest absolute Gasteiger partial charge is 0.326 e. The number of carbonyl (C=O) groups is 2. The molecule has 0 saturated carbocycles. The van der Waals surface area contributed by atoms with Crippen molar-refractivity contribution in [1.29, 1.82) is 0 Å². The van der Waals surface area contributed by atoms with E-state index in [9.17, 15) is 9.59 Å². The van der Waals surface area contributed by atoms with E-state index in [0.29, 0.717) is 6.42 Å². The second-order valence-corrected chi connectivity index (χ2v) is 7.14. The molecule has 0 spiro atoms. The van der Waals surface area contributed by atoms with E-state index >= 15 is 0 Å². The predicted octanol–water partition coefficient (Wildman–Crippen LogP) is 2.67. The van der Waals surface area contributed by atoms with Crippen LogP contribution in [0.25, 0.3) is 0 Å². The number of aromatic nitrogens is 1. The Morgan fingerprint density at radius 2 is 2.00 bits per heavy atom. The van der Waals surface area contributed by atoms with Crippen LogP contribution in [0.3, 0.4) is 0 Å². The largest absolute Gasteiger partial charge is 0.480 e. The summed E-state index contributed by atoms with van der Waals surface area (Å²) in [6.07, 6.45) is 0.400. The fourth-order valence-corrected chi connectivity index (χ4v) is 2.54. The molecule has 0 radical (unpaired) electrons. The van der Waals surface area contributed by atoms with E-state index in [1.807, 2.05) is 34.6 Å². The molecule has 20 heavy (non-hydrogen) atoms. The van der Waals surface area contributed by atoms with Crippen LogP contribution in [0.1, 0.15) is 56.5 Å². The Morgan fingerprint density at radius 3 is 2.40 bits per heavy atom. The molecule has 2 N–H and O–H groups in total. The van der Waals surface area contributed by atoms with Crippen molar-refractivity contribution in [2.75, 3.05) is 0 Å². The molecule has 0 unspecified atom stereocenters. The highest BCUT2D eigenvalue weighted by Crippen LogP contribution is 2.25. The van der Waals surface area contributed by atoms with Gasteiger partial charge in [0, 0.05) is 10.8 Å². The van der Waals surface area contributed by atoms with Crippen molar-refractivity contribution in [3.8, 4) is 0 Å². The highest BCUT2D eigenvalue weighted by Gasteiger charge is 2.24. The number of amides is 1. The first-order chi connectivity index (χ1) is 9.11. The number of carboxylic acid groups (broad SMARTS) is 1. The SMILES string of the molecule is CC(C)C[C@H](NC(=O)c1csc(C(C)(C)C)n1)C(=O)O. The predicted molar refractivity (Wildman–Crippen MR) is 79.2 cm³/mol. The Bertz CT molecular complexity index is 489. The zero-order chi connectivity index (χ0) is 15.5. The number of thiazole rings is 1. The molecule has 1 aromatic rings. The molecule has 6 heteroatoms. The lowest BCUT2D eigenvalue weighted by Gasteiger charge is -2.16. The van der Waals surface area contributed by atoms with Crippen molar-refractivity contribution in [2.24, 2.45) is 5.92 Å². The molecule has 0 aromatic carbocycles. The quantitative estimate of drug-likeness (QED) is 0.876. The summed E-state index contributed by atoms with van der Waals surface area (Å²) in [4.78, 5) is 27.5. The fraction of sp³-hybridized carbons (Fsp3) is 0.643. The Kier molecular flexibility index (Phi) is 5.28. The molecular formula is C14H22N2O3S. The van der Waals surface area contributed by atoms with Crippen molar-refractivity contribution >= 4 is 23.2 Å². The molecule has 0 bridgehead atoms. The number of hydrogen-bond donors (Lipinski definition) is 2. The van der Waals surface area contributed by atoms with E-state index < -0.39 is 17.9 Å². The summed E-state index contributed by atoms with van der Waals surface area (Å²) in [5.41, 5.74) is 0.169. The Hall–Kier alpha value is -1.43. The first-order valence-corrected chi connectivity index (χ1v) is 7.49. The lowest BCUT2D eigenvalue weighted by Crippen LogP contribution is -2.41. The van der Waals surface area contributed by atoms with Crippen molar-refractivity contribution < 1.29 is 14.7 Å². The third kappa shape index (κ3) is 4.59. The molecule has 1 aromatic heterocycles. The van der Waals surface area contributed by atoms with Crippen molar-refractivity contribution in [1.82, 2.24) is 10.3 Å². The van der Waals surface area contributed by atoms with Gasteiger partial charge in [0.15, 0.2) is 0 Å². The molecule has 1 atom stereocenters. The fourth-order valence-electron chi connectivity index (χ4n) is 1.65. The van der Waals surface area contributed by atoms with Crippen LogP contribution in [0, 0.1) is 5.92 Å². The summed E-state index contributed by atoms with van der Waals surface area (Å²) in [6.45, 7) is 9.90. The second-order valence-electron chi connectivity index (χ2n) is 6.28. The maximum atomic E-state index is 12.1. The van der Waals surface area contributed by atoms with Gasteiger partial charge in [0.1, 0.15) is 11.7 Å². The first kappa shape index (κ1) is 16.6. The highest BCUT2D eigenvalue weighted by atomic mass is 32.1. The number of carbonyl (C=O) groups excluding carboxylic acids is 1. The van der Waals surface area contributed by atoms with Crippen LogP contribution < -0.4 is 5.32 Å². The third-order valence-electron chi connectivity index (χ3n) is 2.69. The van der Waals surface area contributed by atoms with E-state index in [-0.39, 0.29) is 17.0 Å². The minimum atomic E-state index is -1.02. The molecule has 5 nitrogen and oxygen atoms in total. The van der Waals surface area contributed by atoms with Crippen LogP contribution in [-0.2, 0) is 10.2 Å². The minimum Gasteiger partial charge on any atom is -0.480 e. The first-order valence-electron chi connectivity index (χ1n) is 6.61. The molecule has 0 saturated heterocycles. The average molecular weight is 298 g/mol. The van der Waals surface area contributed by atoms with Crippen LogP contribution in [0.4, 0.5) is 0 Å². The zero-order valence-corrected chi connectivity index (χ0v) is 13.4. The Morgan fingerprint density at radius 1 is 1.40 bits per heavy atom. The lowest BCUT2D eigenvalue weighted by molar-refractivity contribution is -0.139. The molecule has 0 fully saturated rings. The van der Waals surface area contributed by atoms with E-state index in [4.69, 9.17) is 5.11 Å². The van der Waals surface area contributed by atoms with Gasteiger partial charge in [-0.25, -0.2) is 9.78 Å². The van der Waals surface area contributed by atoms with Gasteiger partial charge >= 0.3 is 5.97 Å². The van der Waals surface area contributed by atoms with Gasteiger partial charge in [0.05, 0.1) is 5.01 Å². The van der Waals surface area contributed by atoms with Gasteiger partial charge in [-0.3, -0.25) is 4.79 Å². The van der Waals surface area contributed by atoms with Gasteiger partial charge in [-0.1, -0.05) is 34.6 Å². The molecule has 0 aliphatic rings. The highest BCUT2D eigenvalue weighted by molar-refractivity contribution is 7.10. The molecule has 1 rings (SSSR count). The van der Waals surface area contributed by atoms with Gasteiger partial charge in [-0.2, -0.15) is 0 Å². The second kappa shape index (κ2) is 6.35. The third-order valence-corrected chi connectivity index (χ3v) is 3.96. The molecule has 1 amide bonds. The molecule has 0 aliphatic heterocycles.